The van der Waals surface area contributed by atoms with Crippen molar-refractivity contribution in [3.05, 3.63) is 58.1 Å². The smallest absolute Gasteiger partial charge is 0.246 e. The van der Waals surface area contributed by atoms with Crippen molar-refractivity contribution in [3.63, 3.8) is 0 Å². The molecule has 136 valence electrons. The van der Waals surface area contributed by atoms with Crippen LogP contribution in [0, 0.1) is 0 Å². The lowest BCUT2D eigenvalue weighted by Crippen LogP contribution is -2.32. The molecule has 0 saturated carbocycles. The molecule has 4 rings (SSSR count). The molecule has 2 aliphatic heterocycles. The third-order valence-corrected chi connectivity index (χ3v) is 5.79. The van der Waals surface area contributed by atoms with Gasteiger partial charge in [-0.2, -0.15) is 0 Å². The van der Waals surface area contributed by atoms with Crippen LogP contribution in [0.3, 0.4) is 0 Å². The molecule has 26 heavy (non-hydrogen) atoms. The third kappa shape index (κ3) is 2.86. The van der Waals surface area contributed by atoms with Gasteiger partial charge in [0, 0.05) is 17.8 Å². The number of nitrogens with zero attached hydrogens (tertiary/aromatic N) is 2. The van der Waals surface area contributed by atoms with Crippen LogP contribution in [0.5, 0.6) is 5.75 Å². The SMILES string of the molecule is CCOc1ccccc1C1N(c2ccc(Cl)c(Cl)c2)C(=O)C2CCCN21. The first-order valence-electron chi connectivity index (χ1n) is 8.87. The molecule has 2 aromatic rings. The molecule has 2 atom stereocenters. The van der Waals surface area contributed by atoms with Gasteiger partial charge in [0.2, 0.25) is 5.91 Å². The first kappa shape index (κ1) is 17.7. The summed E-state index contributed by atoms with van der Waals surface area (Å²) in [7, 11) is 0. The number of ether oxygens (including phenoxy) is 1. The molecule has 1 amide bonds. The van der Waals surface area contributed by atoms with Crippen LogP contribution in [0.2, 0.25) is 10.0 Å². The minimum absolute atomic E-state index is 0.0934. The van der Waals surface area contributed by atoms with E-state index in [-0.39, 0.29) is 18.1 Å². The Kier molecular flexibility index (Phi) is 4.82. The zero-order valence-corrected chi connectivity index (χ0v) is 16.0. The minimum atomic E-state index is -0.199. The van der Waals surface area contributed by atoms with Crippen molar-refractivity contribution in [3.8, 4) is 5.75 Å². The lowest BCUT2D eigenvalue weighted by atomic mass is 10.1. The van der Waals surface area contributed by atoms with Gasteiger partial charge in [0.15, 0.2) is 0 Å². The number of anilines is 1. The topological polar surface area (TPSA) is 32.8 Å². The van der Waals surface area contributed by atoms with Gasteiger partial charge >= 0.3 is 0 Å². The van der Waals surface area contributed by atoms with Gasteiger partial charge in [-0.25, -0.2) is 0 Å². The van der Waals surface area contributed by atoms with E-state index in [1.54, 1.807) is 12.1 Å². The number of para-hydroxylation sites is 1. The highest BCUT2D eigenvalue weighted by Gasteiger charge is 2.50. The Labute approximate surface area is 163 Å². The maximum Gasteiger partial charge on any atom is 0.246 e. The lowest BCUT2D eigenvalue weighted by Gasteiger charge is -2.31. The first-order valence-corrected chi connectivity index (χ1v) is 9.63. The maximum absolute atomic E-state index is 13.2. The fraction of sp³-hybridized carbons (Fsp3) is 0.350. The van der Waals surface area contributed by atoms with Crippen molar-refractivity contribution in [2.24, 2.45) is 0 Å². The van der Waals surface area contributed by atoms with E-state index >= 15 is 0 Å². The summed E-state index contributed by atoms with van der Waals surface area (Å²) in [4.78, 5) is 17.3. The molecular weight excluding hydrogens is 371 g/mol. The van der Waals surface area contributed by atoms with E-state index in [1.165, 1.54) is 0 Å². The van der Waals surface area contributed by atoms with Crippen molar-refractivity contribution in [2.75, 3.05) is 18.1 Å². The number of hydrogen-bond acceptors (Lipinski definition) is 3. The Morgan fingerprint density at radius 1 is 1.15 bits per heavy atom. The molecule has 4 nitrogen and oxygen atoms in total. The predicted molar refractivity (Wildman–Crippen MR) is 104 cm³/mol. The Balaban J connectivity index is 1.83. The van der Waals surface area contributed by atoms with Gasteiger partial charge in [-0.3, -0.25) is 14.6 Å². The standard InChI is InChI=1S/C20H20Cl2N2O2/c1-2-26-18-8-4-3-6-14(18)19-23-11-5-7-17(23)20(25)24(19)13-9-10-15(21)16(22)12-13/h3-4,6,8-10,12,17,19H,2,5,7,11H2,1H3. The second kappa shape index (κ2) is 7.10. The molecule has 0 spiro atoms. The highest BCUT2D eigenvalue weighted by atomic mass is 35.5. The molecule has 0 N–H and O–H groups in total. The van der Waals surface area contributed by atoms with Crippen LogP contribution < -0.4 is 9.64 Å². The van der Waals surface area contributed by atoms with E-state index in [4.69, 9.17) is 27.9 Å². The second-order valence-electron chi connectivity index (χ2n) is 6.55. The summed E-state index contributed by atoms with van der Waals surface area (Å²) >= 11 is 12.3. The number of carbonyl (C=O) groups excluding carboxylic acids is 1. The van der Waals surface area contributed by atoms with Gasteiger partial charge in [0.25, 0.3) is 0 Å². The number of fused-ring (bicyclic) bond motifs is 1. The molecule has 2 fully saturated rings. The molecular formula is C20H20Cl2N2O2. The van der Waals surface area contributed by atoms with Gasteiger partial charge in [-0.15, -0.1) is 0 Å². The minimum Gasteiger partial charge on any atom is -0.493 e. The number of hydrogen-bond donors (Lipinski definition) is 0. The lowest BCUT2D eigenvalue weighted by molar-refractivity contribution is -0.119. The van der Waals surface area contributed by atoms with E-state index in [0.717, 1.165) is 36.4 Å². The van der Waals surface area contributed by atoms with Crippen LogP contribution in [0.4, 0.5) is 5.69 Å². The fourth-order valence-corrected chi connectivity index (χ4v) is 4.27. The van der Waals surface area contributed by atoms with Crippen molar-refractivity contribution < 1.29 is 9.53 Å². The van der Waals surface area contributed by atoms with Crippen LogP contribution >= 0.6 is 23.2 Å². The van der Waals surface area contributed by atoms with Gasteiger partial charge in [0.1, 0.15) is 11.9 Å². The van der Waals surface area contributed by atoms with Crippen LogP contribution in [0.15, 0.2) is 42.5 Å². The molecule has 2 heterocycles. The second-order valence-corrected chi connectivity index (χ2v) is 7.36. The van der Waals surface area contributed by atoms with Crippen molar-refractivity contribution >= 4 is 34.8 Å². The van der Waals surface area contributed by atoms with Gasteiger partial charge in [-0.05, 0) is 44.0 Å². The Bertz CT molecular complexity index is 842. The summed E-state index contributed by atoms with van der Waals surface area (Å²) in [5.74, 6) is 0.919. The van der Waals surface area contributed by atoms with Crippen molar-refractivity contribution in [1.82, 2.24) is 4.90 Å². The molecule has 2 unspecified atom stereocenters. The molecule has 0 radical (unpaired) electrons. The molecule has 0 aliphatic carbocycles. The van der Waals surface area contributed by atoms with E-state index < -0.39 is 0 Å². The summed E-state index contributed by atoms with van der Waals surface area (Å²) in [6.45, 7) is 3.43. The van der Waals surface area contributed by atoms with Crippen LogP contribution in [-0.4, -0.2) is 30.0 Å². The predicted octanol–water partition coefficient (Wildman–Crippen LogP) is 4.90. The summed E-state index contributed by atoms with van der Waals surface area (Å²) in [5, 5.41) is 0.926. The van der Waals surface area contributed by atoms with Gasteiger partial charge in [0.05, 0.1) is 22.7 Å². The maximum atomic E-state index is 13.2. The first-order chi connectivity index (χ1) is 12.6. The van der Waals surface area contributed by atoms with Crippen LogP contribution in [0.1, 0.15) is 31.5 Å². The van der Waals surface area contributed by atoms with Crippen molar-refractivity contribution in [2.45, 2.75) is 32.0 Å². The number of carbonyl (C=O) groups is 1. The van der Waals surface area contributed by atoms with E-state index in [1.807, 2.05) is 42.2 Å². The summed E-state index contributed by atoms with van der Waals surface area (Å²) in [6.07, 6.45) is 1.71. The van der Waals surface area contributed by atoms with E-state index in [2.05, 4.69) is 4.90 Å². The van der Waals surface area contributed by atoms with Gasteiger partial charge < -0.3 is 4.74 Å². The Hall–Kier alpha value is -1.75. The normalized spacial score (nSPS) is 22.7. The van der Waals surface area contributed by atoms with E-state index in [0.29, 0.717) is 16.7 Å². The molecule has 6 heteroatoms. The zero-order chi connectivity index (χ0) is 18.3. The fourth-order valence-electron chi connectivity index (χ4n) is 3.98. The van der Waals surface area contributed by atoms with Crippen molar-refractivity contribution in [1.29, 1.82) is 0 Å². The number of benzene rings is 2. The molecule has 2 aliphatic rings. The number of amides is 1. The van der Waals surface area contributed by atoms with Crippen LogP contribution in [0.25, 0.3) is 0 Å². The van der Waals surface area contributed by atoms with E-state index in [9.17, 15) is 4.79 Å². The largest absolute Gasteiger partial charge is 0.493 e. The molecule has 0 aromatic heterocycles. The zero-order valence-electron chi connectivity index (χ0n) is 14.5. The monoisotopic (exact) mass is 390 g/mol. The highest BCUT2D eigenvalue weighted by molar-refractivity contribution is 6.42. The Morgan fingerprint density at radius 3 is 2.73 bits per heavy atom. The molecule has 0 bridgehead atoms. The highest BCUT2D eigenvalue weighted by Crippen LogP contribution is 2.45. The average Bonchev–Trinajstić information content (AvgIpc) is 3.21. The van der Waals surface area contributed by atoms with Gasteiger partial charge in [-0.1, -0.05) is 41.4 Å². The number of halogens is 2. The summed E-state index contributed by atoms with van der Waals surface area (Å²) in [6, 6.07) is 13.2. The average molecular weight is 391 g/mol. The van der Waals surface area contributed by atoms with Crippen LogP contribution in [-0.2, 0) is 4.79 Å². The number of rotatable bonds is 4. The summed E-state index contributed by atoms with van der Waals surface area (Å²) in [5.41, 5.74) is 1.76. The Morgan fingerprint density at radius 2 is 1.96 bits per heavy atom. The molecule has 2 saturated heterocycles. The summed E-state index contributed by atoms with van der Waals surface area (Å²) < 4.78 is 5.85. The molecule has 2 aromatic carbocycles. The quantitative estimate of drug-likeness (QED) is 0.743. The third-order valence-electron chi connectivity index (χ3n) is 5.05.